The van der Waals surface area contributed by atoms with Crippen molar-refractivity contribution in [2.24, 2.45) is 17.3 Å². The van der Waals surface area contributed by atoms with Gasteiger partial charge in [0.1, 0.15) is 0 Å². The van der Waals surface area contributed by atoms with Gasteiger partial charge in [-0.1, -0.05) is 27.7 Å². The number of hydrogen-bond donors (Lipinski definition) is 1. The van der Waals surface area contributed by atoms with E-state index < -0.39 is 0 Å². The second-order valence-corrected chi connectivity index (χ2v) is 8.20. The van der Waals surface area contributed by atoms with Crippen LogP contribution >= 0.6 is 0 Å². The summed E-state index contributed by atoms with van der Waals surface area (Å²) in [6, 6.07) is 0.790. The third kappa shape index (κ3) is 4.73. The van der Waals surface area contributed by atoms with E-state index in [1.165, 1.54) is 64.7 Å². The van der Waals surface area contributed by atoms with Gasteiger partial charge in [-0.2, -0.15) is 0 Å². The number of hydrogen-bond acceptors (Lipinski definition) is 2. The summed E-state index contributed by atoms with van der Waals surface area (Å²) in [5.41, 5.74) is 0.519. The maximum absolute atomic E-state index is 3.86. The normalized spacial score (nSPS) is 30.6. The molecule has 2 aliphatic rings. The zero-order chi connectivity index (χ0) is 14.6. The van der Waals surface area contributed by atoms with Gasteiger partial charge in [0.25, 0.3) is 0 Å². The molecule has 0 atom stereocenters. The highest BCUT2D eigenvalue weighted by Crippen LogP contribution is 2.39. The number of nitrogens with one attached hydrogen (secondary N) is 1. The highest BCUT2D eigenvalue weighted by Gasteiger charge is 2.29. The summed E-state index contributed by atoms with van der Waals surface area (Å²) in [6.45, 7) is 14.6. The van der Waals surface area contributed by atoms with Crippen molar-refractivity contribution in [1.82, 2.24) is 10.2 Å². The van der Waals surface area contributed by atoms with Crippen LogP contribution in [0.25, 0.3) is 0 Å². The van der Waals surface area contributed by atoms with Crippen LogP contribution in [0.4, 0.5) is 0 Å². The van der Waals surface area contributed by atoms with E-state index in [0.717, 1.165) is 17.9 Å². The Kier molecular flexibility index (Phi) is 5.92. The highest BCUT2D eigenvalue weighted by atomic mass is 15.1. The van der Waals surface area contributed by atoms with E-state index in [1.54, 1.807) is 0 Å². The minimum Gasteiger partial charge on any atom is -0.314 e. The largest absolute Gasteiger partial charge is 0.314 e. The molecule has 0 aromatic carbocycles. The third-order valence-corrected chi connectivity index (χ3v) is 5.80. The van der Waals surface area contributed by atoms with Gasteiger partial charge in [0, 0.05) is 6.04 Å². The number of likely N-dealkylation sites (tertiary alicyclic amines) is 1. The third-order valence-electron chi connectivity index (χ3n) is 5.80. The van der Waals surface area contributed by atoms with Crippen LogP contribution in [0.15, 0.2) is 0 Å². The van der Waals surface area contributed by atoms with Gasteiger partial charge in [-0.05, 0) is 82.0 Å². The van der Waals surface area contributed by atoms with Crippen LogP contribution in [0.2, 0.25) is 0 Å². The summed E-state index contributed by atoms with van der Waals surface area (Å²) < 4.78 is 0. The molecule has 0 unspecified atom stereocenters. The molecule has 1 N–H and O–H groups in total. The Labute approximate surface area is 126 Å². The molecule has 0 aromatic rings. The maximum atomic E-state index is 3.86. The van der Waals surface area contributed by atoms with Gasteiger partial charge in [-0.15, -0.1) is 0 Å². The van der Waals surface area contributed by atoms with Gasteiger partial charge in [0.2, 0.25) is 0 Å². The Morgan fingerprint density at radius 1 is 0.950 bits per heavy atom. The molecule has 1 aliphatic carbocycles. The van der Waals surface area contributed by atoms with E-state index in [0.29, 0.717) is 5.41 Å². The molecule has 20 heavy (non-hydrogen) atoms. The Morgan fingerprint density at radius 2 is 1.55 bits per heavy atom. The van der Waals surface area contributed by atoms with E-state index in [4.69, 9.17) is 0 Å². The fourth-order valence-electron chi connectivity index (χ4n) is 4.02. The van der Waals surface area contributed by atoms with Crippen LogP contribution < -0.4 is 5.32 Å². The van der Waals surface area contributed by atoms with Crippen molar-refractivity contribution in [2.45, 2.75) is 72.3 Å². The molecule has 118 valence electrons. The van der Waals surface area contributed by atoms with Crippen LogP contribution in [0.5, 0.6) is 0 Å². The van der Waals surface area contributed by atoms with Gasteiger partial charge < -0.3 is 10.2 Å². The van der Waals surface area contributed by atoms with Crippen molar-refractivity contribution in [1.29, 1.82) is 0 Å². The monoisotopic (exact) mass is 280 g/mol. The van der Waals surface area contributed by atoms with Crippen molar-refractivity contribution in [3.05, 3.63) is 0 Å². The van der Waals surface area contributed by atoms with Crippen LogP contribution in [0.3, 0.4) is 0 Å². The van der Waals surface area contributed by atoms with E-state index in [2.05, 4.69) is 37.9 Å². The Bertz CT molecular complexity index is 266. The van der Waals surface area contributed by atoms with Crippen LogP contribution in [0, 0.1) is 17.3 Å². The predicted molar refractivity (Wildman–Crippen MR) is 88.0 cm³/mol. The molecule has 1 heterocycles. The average molecular weight is 280 g/mol. The summed E-state index contributed by atoms with van der Waals surface area (Å²) >= 11 is 0. The van der Waals surface area contributed by atoms with Crippen molar-refractivity contribution in [2.75, 3.05) is 26.2 Å². The summed E-state index contributed by atoms with van der Waals surface area (Å²) in [4.78, 5) is 2.58. The van der Waals surface area contributed by atoms with Crippen molar-refractivity contribution < 1.29 is 0 Å². The number of rotatable bonds is 4. The molecule has 0 aromatic heterocycles. The molecule has 1 saturated heterocycles. The lowest BCUT2D eigenvalue weighted by molar-refractivity contribution is 0.143. The zero-order valence-electron chi connectivity index (χ0n) is 14.3. The van der Waals surface area contributed by atoms with Gasteiger partial charge in [0.05, 0.1) is 0 Å². The molecule has 2 rings (SSSR count). The first-order chi connectivity index (χ1) is 9.49. The summed E-state index contributed by atoms with van der Waals surface area (Å²) in [6.07, 6.45) is 8.50. The smallest absolute Gasteiger partial charge is 0.00915 e. The fourth-order valence-corrected chi connectivity index (χ4v) is 4.02. The molecule has 0 radical (unpaired) electrons. The number of nitrogens with zero attached hydrogens (tertiary/aromatic N) is 1. The molecule has 1 saturated carbocycles. The quantitative estimate of drug-likeness (QED) is 0.840. The first-order valence-electron chi connectivity index (χ1n) is 8.94. The summed E-state index contributed by atoms with van der Waals surface area (Å²) in [7, 11) is 0. The fraction of sp³-hybridized carbons (Fsp3) is 1.00. The molecule has 2 fully saturated rings. The summed E-state index contributed by atoms with van der Waals surface area (Å²) in [5.74, 6) is 1.89. The van der Waals surface area contributed by atoms with Gasteiger partial charge >= 0.3 is 0 Å². The van der Waals surface area contributed by atoms with Crippen LogP contribution in [0.1, 0.15) is 66.2 Å². The molecule has 2 heteroatoms. The van der Waals surface area contributed by atoms with E-state index >= 15 is 0 Å². The van der Waals surface area contributed by atoms with Crippen molar-refractivity contribution in [3.63, 3.8) is 0 Å². The number of piperidine rings is 1. The lowest BCUT2D eigenvalue weighted by Gasteiger charge is -2.38. The zero-order valence-corrected chi connectivity index (χ0v) is 14.3. The highest BCUT2D eigenvalue weighted by molar-refractivity contribution is 4.83. The first kappa shape index (κ1) is 16.3. The molecule has 2 nitrogen and oxygen atoms in total. The van der Waals surface area contributed by atoms with E-state index in [-0.39, 0.29) is 0 Å². The predicted octanol–water partition coefficient (Wildman–Crippen LogP) is 3.91. The lowest BCUT2D eigenvalue weighted by Crippen LogP contribution is -2.44. The average Bonchev–Trinajstić information content (AvgIpc) is 2.45. The minimum atomic E-state index is 0.519. The molecular weight excluding hydrogens is 244 g/mol. The SMILES string of the molecule is CCN1CCC(NCC2CCC(C(C)(C)C)CC2)CC1. The first-order valence-corrected chi connectivity index (χ1v) is 8.94. The molecule has 1 aliphatic heterocycles. The molecule has 0 spiro atoms. The summed E-state index contributed by atoms with van der Waals surface area (Å²) in [5, 5.41) is 3.86. The van der Waals surface area contributed by atoms with E-state index in [9.17, 15) is 0 Å². The Morgan fingerprint density at radius 3 is 2.05 bits per heavy atom. The second kappa shape index (κ2) is 7.26. The Balaban J connectivity index is 1.62. The van der Waals surface area contributed by atoms with Crippen molar-refractivity contribution >= 4 is 0 Å². The van der Waals surface area contributed by atoms with Gasteiger partial charge in [-0.25, -0.2) is 0 Å². The maximum Gasteiger partial charge on any atom is 0.00915 e. The van der Waals surface area contributed by atoms with Gasteiger partial charge in [-0.3, -0.25) is 0 Å². The van der Waals surface area contributed by atoms with Crippen molar-refractivity contribution in [3.8, 4) is 0 Å². The van der Waals surface area contributed by atoms with Crippen LogP contribution in [-0.4, -0.2) is 37.1 Å². The molecule has 0 amide bonds. The lowest BCUT2D eigenvalue weighted by atomic mass is 9.70. The minimum absolute atomic E-state index is 0.519. The standard InChI is InChI=1S/C18H36N2/c1-5-20-12-10-17(11-13-20)19-14-15-6-8-16(9-7-15)18(2,3)4/h15-17,19H,5-14H2,1-4H3. The molecular formula is C18H36N2. The van der Waals surface area contributed by atoms with E-state index in [1.807, 2.05) is 0 Å². The molecule has 0 bridgehead atoms. The second-order valence-electron chi connectivity index (χ2n) is 8.20. The Hall–Kier alpha value is -0.0800. The van der Waals surface area contributed by atoms with Gasteiger partial charge in [0.15, 0.2) is 0 Å². The van der Waals surface area contributed by atoms with Crippen LogP contribution in [-0.2, 0) is 0 Å². The topological polar surface area (TPSA) is 15.3 Å².